The molecule has 0 aliphatic rings. The molecule has 0 aliphatic carbocycles. The fourth-order valence-electron chi connectivity index (χ4n) is 0.499. The summed E-state index contributed by atoms with van der Waals surface area (Å²) >= 11 is 0. The summed E-state index contributed by atoms with van der Waals surface area (Å²) < 4.78 is 0. The fraction of sp³-hybridized carbons (Fsp3) is 1.00. The number of aliphatic hydroxyl groups excluding tert-OH is 1. The van der Waals surface area contributed by atoms with Crippen molar-refractivity contribution < 1.29 is 10.3 Å². The summed E-state index contributed by atoms with van der Waals surface area (Å²) in [4.78, 5) is 0. The molecule has 1 unspecified atom stereocenters. The van der Waals surface area contributed by atoms with E-state index < -0.39 is 0 Å². The topological polar surface area (TPSA) is 43.7 Å². The number of rotatable bonds is 4. The van der Waals surface area contributed by atoms with Gasteiger partial charge in [0.25, 0.3) is 0 Å². The van der Waals surface area contributed by atoms with Gasteiger partial charge in [-0.3, -0.25) is 0 Å². The first kappa shape index (κ1) is 8.88. The van der Waals surface area contributed by atoms with Crippen molar-refractivity contribution >= 4 is 0 Å². The predicted molar refractivity (Wildman–Crippen MR) is 35.3 cm³/mol. The third-order valence-electron chi connectivity index (χ3n) is 1.26. The van der Waals surface area contributed by atoms with Crippen LogP contribution in [0.5, 0.6) is 0 Å². The maximum Gasteiger partial charge on any atom is 0.0457 e. The second-order valence-electron chi connectivity index (χ2n) is 2.46. The zero-order chi connectivity index (χ0) is 7.28. The maximum absolute atomic E-state index is 8.65. The Morgan fingerprint density at radius 1 is 1.56 bits per heavy atom. The van der Waals surface area contributed by atoms with Crippen LogP contribution in [-0.2, 0) is 0 Å². The van der Waals surface area contributed by atoms with Crippen LogP contribution in [-0.4, -0.2) is 35.6 Å². The molecule has 0 heterocycles. The largest absolute Gasteiger partial charge is 0.396 e. The van der Waals surface area contributed by atoms with Crippen molar-refractivity contribution in [1.82, 2.24) is 5.06 Å². The van der Waals surface area contributed by atoms with Crippen LogP contribution < -0.4 is 0 Å². The van der Waals surface area contributed by atoms with E-state index in [-0.39, 0.29) is 6.61 Å². The molecule has 0 saturated heterocycles. The zero-order valence-electron chi connectivity index (χ0n) is 6.04. The summed E-state index contributed by atoms with van der Waals surface area (Å²) in [6.07, 6.45) is 0.837. The van der Waals surface area contributed by atoms with Crippen molar-refractivity contribution in [1.29, 1.82) is 0 Å². The molecule has 0 bridgehead atoms. The van der Waals surface area contributed by atoms with Gasteiger partial charge in [0.15, 0.2) is 0 Å². The lowest BCUT2D eigenvalue weighted by atomic mass is 10.1. The molecule has 3 nitrogen and oxygen atoms in total. The molecule has 0 saturated carbocycles. The van der Waals surface area contributed by atoms with Crippen LogP contribution in [0.25, 0.3) is 0 Å². The Hall–Kier alpha value is -0.120. The fourth-order valence-corrected chi connectivity index (χ4v) is 0.499. The minimum atomic E-state index is 0.202. The van der Waals surface area contributed by atoms with Gasteiger partial charge in [-0.1, -0.05) is 6.92 Å². The molecule has 1 atom stereocenters. The van der Waals surface area contributed by atoms with Crippen molar-refractivity contribution in [2.24, 2.45) is 5.92 Å². The highest BCUT2D eigenvalue weighted by atomic mass is 16.5. The van der Waals surface area contributed by atoms with E-state index in [1.54, 1.807) is 7.05 Å². The Morgan fingerprint density at radius 3 is 2.44 bits per heavy atom. The van der Waals surface area contributed by atoms with Gasteiger partial charge in [0, 0.05) is 20.2 Å². The van der Waals surface area contributed by atoms with Gasteiger partial charge in [-0.25, -0.2) is 0 Å². The second kappa shape index (κ2) is 4.73. The first-order valence-electron chi connectivity index (χ1n) is 3.17. The molecule has 0 amide bonds. The molecule has 0 aromatic rings. The zero-order valence-corrected chi connectivity index (χ0v) is 6.04. The van der Waals surface area contributed by atoms with Crippen LogP contribution >= 0.6 is 0 Å². The lowest BCUT2D eigenvalue weighted by Gasteiger charge is -2.10. The molecule has 0 radical (unpaired) electrons. The van der Waals surface area contributed by atoms with E-state index in [4.69, 9.17) is 10.3 Å². The van der Waals surface area contributed by atoms with Crippen LogP contribution in [0.3, 0.4) is 0 Å². The summed E-state index contributed by atoms with van der Waals surface area (Å²) in [5.74, 6) is 0.291. The SMILES string of the molecule is CC(CO)CCN(C)O. The average Bonchev–Trinajstić information content (AvgIpc) is 1.83. The van der Waals surface area contributed by atoms with Crippen molar-refractivity contribution in [3.63, 3.8) is 0 Å². The number of aliphatic hydroxyl groups is 1. The van der Waals surface area contributed by atoms with Crippen LogP contribution in [0.15, 0.2) is 0 Å². The summed E-state index contributed by atoms with van der Waals surface area (Å²) in [5.41, 5.74) is 0. The summed E-state index contributed by atoms with van der Waals surface area (Å²) in [6.45, 7) is 2.78. The molecule has 9 heavy (non-hydrogen) atoms. The standard InChI is InChI=1S/C6H15NO2/c1-6(5-8)3-4-7(2)9/h6,8-9H,3-5H2,1-2H3. The smallest absolute Gasteiger partial charge is 0.0457 e. The quantitative estimate of drug-likeness (QED) is 0.543. The highest BCUT2D eigenvalue weighted by Gasteiger charge is 1.99. The van der Waals surface area contributed by atoms with Crippen molar-refractivity contribution in [2.75, 3.05) is 20.2 Å². The number of hydroxylamine groups is 2. The first-order valence-corrected chi connectivity index (χ1v) is 3.17. The summed E-state index contributed by atoms with van der Waals surface area (Å²) in [5, 5.41) is 18.3. The van der Waals surface area contributed by atoms with E-state index in [1.807, 2.05) is 6.92 Å². The van der Waals surface area contributed by atoms with Gasteiger partial charge in [-0.15, -0.1) is 0 Å². The molecule has 0 aliphatic heterocycles. The Kier molecular flexibility index (Phi) is 4.67. The van der Waals surface area contributed by atoms with Crippen LogP contribution in [0.2, 0.25) is 0 Å². The Bertz CT molecular complexity index is 66.1. The van der Waals surface area contributed by atoms with Crippen molar-refractivity contribution in [3.05, 3.63) is 0 Å². The molecule has 3 heteroatoms. The third-order valence-corrected chi connectivity index (χ3v) is 1.26. The van der Waals surface area contributed by atoms with Gasteiger partial charge in [-0.2, -0.15) is 5.06 Å². The third kappa shape index (κ3) is 5.76. The minimum absolute atomic E-state index is 0.202. The Balaban J connectivity index is 3.06. The van der Waals surface area contributed by atoms with Crippen molar-refractivity contribution in [3.8, 4) is 0 Å². The lowest BCUT2D eigenvalue weighted by molar-refractivity contribution is -0.0687. The predicted octanol–water partition coefficient (Wildman–Crippen LogP) is 0.326. The number of hydrogen-bond acceptors (Lipinski definition) is 3. The van der Waals surface area contributed by atoms with Crippen LogP contribution in [0, 0.1) is 5.92 Å². The van der Waals surface area contributed by atoms with E-state index in [2.05, 4.69) is 0 Å². The molecule has 2 N–H and O–H groups in total. The second-order valence-corrected chi connectivity index (χ2v) is 2.46. The summed E-state index contributed by atoms with van der Waals surface area (Å²) in [6, 6.07) is 0. The Labute approximate surface area is 55.9 Å². The first-order chi connectivity index (χ1) is 4.16. The van der Waals surface area contributed by atoms with E-state index >= 15 is 0 Å². The lowest BCUT2D eigenvalue weighted by Crippen LogP contribution is -2.17. The highest BCUT2D eigenvalue weighted by Crippen LogP contribution is 1.99. The molecule has 0 spiro atoms. The number of hydrogen-bond donors (Lipinski definition) is 2. The number of nitrogens with zero attached hydrogens (tertiary/aromatic N) is 1. The van der Waals surface area contributed by atoms with E-state index in [0.717, 1.165) is 11.5 Å². The van der Waals surface area contributed by atoms with Gasteiger partial charge in [0.1, 0.15) is 0 Å². The van der Waals surface area contributed by atoms with Gasteiger partial charge in [-0.05, 0) is 12.3 Å². The monoisotopic (exact) mass is 133 g/mol. The molecular formula is C6H15NO2. The highest BCUT2D eigenvalue weighted by molar-refractivity contribution is 4.50. The summed E-state index contributed by atoms with van der Waals surface area (Å²) in [7, 11) is 1.60. The van der Waals surface area contributed by atoms with Gasteiger partial charge >= 0.3 is 0 Å². The van der Waals surface area contributed by atoms with E-state index in [0.29, 0.717) is 12.5 Å². The van der Waals surface area contributed by atoms with Gasteiger partial charge in [0.2, 0.25) is 0 Å². The Morgan fingerprint density at radius 2 is 2.11 bits per heavy atom. The molecular weight excluding hydrogens is 118 g/mol. The normalized spacial score (nSPS) is 14.3. The van der Waals surface area contributed by atoms with E-state index in [9.17, 15) is 0 Å². The molecule has 0 rings (SSSR count). The van der Waals surface area contributed by atoms with Crippen LogP contribution in [0.4, 0.5) is 0 Å². The molecule has 56 valence electrons. The van der Waals surface area contributed by atoms with Gasteiger partial charge < -0.3 is 10.3 Å². The van der Waals surface area contributed by atoms with E-state index in [1.165, 1.54) is 0 Å². The van der Waals surface area contributed by atoms with Gasteiger partial charge in [0.05, 0.1) is 0 Å². The average molecular weight is 133 g/mol. The minimum Gasteiger partial charge on any atom is -0.396 e. The maximum atomic E-state index is 8.65. The molecule has 0 aromatic heterocycles. The van der Waals surface area contributed by atoms with Crippen LogP contribution in [0.1, 0.15) is 13.3 Å². The van der Waals surface area contributed by atoms with Crippen molar-refractivity contribution in [2.45, 2.75) is 13.3 Å². The molecule has 0 fully saturated rings. The molecule has 0 aromatic carbocycles.